The van der Waals surface area contributed by atoms with Gasteiger partial charge in [0.15, 0.2) is 5.13 Å². The van der Waals surface area contributed by atoms with Crippen molar-refractivity contribution in [2.24, 2.45) is 0 Å². The van der Waals surface area contributed by atoms with Crippen LogP contribution in [0.5, 0.6) is 0 Å². The summed E-state index contributed by atoms with van der Waals surface area (Å²) in [6.45, 7) is 4.13. The highest BCUT2D eigenvalue weighted by Crippen LogP contribution is 2.28. The van der Waals surface area contributed by atoms with Crippen LogP contribution >= 0.6 is 11.3 Å². The Morgan fingerprint density at radius 2 is 2.12 bits per heavy atom. The molecule has 3 aromatic rings. The molecule has 0 aliphatic carbocycles. The lowest BCUT2D eigenvalue weighted by molar-refractivity contribution is -0.115. The van der Waals surface area contributed by atoms with Crippen LogP contribution in [0.15, 0.2) is 48.1 Å². The van der Waals surface area contributed by atoms with Crippen LogP contribution < -0.4 is 15.5 Å². The molecule has 2 amide bonds. The topological polar surface area (TPSA) is 123 Å². The van der Waals surface area contributed by atoms with Gasteiger partial charge in [0.2, 0.25) is 15.9 Å². The molecule has 12 heteroatoms. The quantitative estimate of drug-likeness (QED) is 0.506. The van der Waals surface area contributed by atoms with E-state index in [2.05, 4.69) is 39.6 Å². The zero-order valence-electron chi connectivity index (χ0n) is 18.7. The lowest BCUT2D eigenvalue weighted by atomic mass is 10.1. The smallest absolute Gasteiger partial charge is 0.253 e. The first-order valence-corrected chi connectivity index (χ1v) is 13.3. The van der Waals surface area contributed by atoms with E-state index in [4.69, 9.17) is 4.74 Å². The third-order valence-electron chi connectivity index (χ3n) is 5.22. The molecule has 0 radical (unpaired) electrons. The number of aromatic nitrogens is 2. The highest BCUT2D eigenvalue weighted by atomic mass is 32.2. The van der Waals surface area contributed by atoms with Crippen LogP contribution in [0.25, 0.3) is 11.3 Å². The van der Waals surface area contributed by atoms with Crippen molar-refractivity contribution in [2.45, 2.75) is 13.0 Å². The lowest BCUT2D eigenvalue weighted by Crippen LogP contribution is -2.41. The summed E-state index contributed by atoms with van der Waals surface area (Å²) in [6, 6.07) is 9.45. The molecule has 0 saturated carbocycles. The number of morpholine rings is 1. The van der Waals surface area contributed by atoms with E-state index in [-0.39, 0.29) is 18.2 Å². The van der Waals surface area contributed by atoms with Crippen LogP contribution in [-0.2, 0) is 19.6 Å². The molecule has 10 nitrogen and oxygen atoms in total. The number of benzene rings is 1. The van der Waals surface area contributed by atoms with Crippen LogP contribution in [0, 0.1) is 0 Å². The Balaban J connectivity index is 1.34. The predicted octanol–water partition coefficient (Wildman–Crippen LogP) is 2.01. The van der Waals surface area contributed by atoms with E-state index in [0.29, 0.717) is 11.7 Å². The highest BCUT2D eigenvalue weighted by Gasteiger charge is 2.18. The third-order valence-corrected chi connectivity index (χ3v) is 6.97. The molecule has 1 aromatic carbocycles. The van der Waals surface area contributed by atoms with Crippen molar-refractivity contribution < 1.29 is 22.7 Å². The summed E-state index contributed by atoms with van der Waals surface area (Å²) in [4.78, 5) is 31.2. The van der Waals surface area contributed by atoms with Gasteiger partial charge in [0.25, 0.3) is 5.91 Å². The Labute approximate surface area is 201 Å². The van der Waals surface area contributed by atoms with Gasteiger partial charge in [-0.15, -0.1) is 11.3 Å². The van der Waals surface area contributed by atoms with Crippen molar-refractivity contribution >= 4 is 44.0 Å². The van der Waals surface area contributed by atoms with E-state index in [0.717, 1.165) is 40.3 Å². The predicted molar refractivity (Wildman–Crippen MR) is 131 cm³/mol. The Kier molecular flexibility index (Phi) is 7.00. The second kappa shape index (κ2) is 9.95. The van der Waals surface area contributed by atoms with Crippen LogP contribution in [0.3, 0.4) is 0 Å². The van der Waals surface area contributed by atoms with Gasteiger partial charge >= 0.3 is 0 Å². The van der Waals surface area contributed by atoms with Crippen molar-refractivity contribution in [1.29, 1.82) is 0 Å². The minimum atomic E-state index is -3.48. The van der Waals surface area contributed by atoms with Gasteiger partial charge in [0.05, 0.1) is 36.8 Å². The standard InChI is InChI=1S/C22H25N5O5S2/c1-15-12-26(8-9-32-15)18-5-3-4-16(10-18)19-14-33-22(24-19)25-20(28)11-23-21(29)17-6-7-27(13-17)34(2,30)31/h3-7,10,13-15H,8-9,11-12H2,1-2H3,(H,23,29)(H,24,25,28)/t15-/m0/s1. The molecule has 1 fully saturated rings. The summed E-state index contributed by atoms with van der Waals surface area (Å²) in [5, 5.41) is 7.43. The Morgan fingerprint density at radius 3 is 2.85 bits per heavy atom. The van der Waals surface area contributed by atoms with E-state index in [1.54, 1.807) is 0 Å². The molecule has 1 aliphatic heterocycles. The maximum absolute atomic E-state index is 12.3. The minimum absolute atomic E-state index is 0.143. The molecule has 180 valence electrons. The number of carbonyl (C=O) groups is 2. The second-order valence-electron chi connectivity index (χ2n) is 7.94. The molecule has 0 bridgehead atoms. The first-order chi connectivity index (χ1) is 16.2. The van der Waals surface area contributed by atoms with Crippen molar-refractivity contribution in [3.63, 3.8) is 0 Å². The van der Waals surface area contributed by atoms with Crippen molar-refractivity contribution in [1.82, 2.24) is 14.3 Å². The van der Waals surface area contributed by atoms with Gasteiger partial charge in [-0.05, 0) is 25.1 Å². The van der Waals surface area contributed by atoms with Crippen LogP contribution in [0.1, 0.15) is 17.3 Å². The van der Waals surface area contributed by atoms with E-state index in [1.165, 1.54) is 29.8 Å². The molecule has 3 heterocycles. The number of hydrogen-bond acceptors (Lipinski definition) is 8. The Bertz CT molecular complexity index is 1300. The number of rotatable bonds is 7. The maximum Gasteiger partial charge on any atom is 0.253 e. The van der Waals surface area contributed by atoms with E-state index >= 15 is 0 Å². The number of hydrogen-bond donors (Lipinski definition) is 2. The molecule has 2 aromatic heterocycles. The summed E-state index contributed by atoms with van der Waals surface area (Å²) >= 11 is 1.29. The first kappa shape index (κ1) is 23.9. The zero-order valence-corrected chi connectivity index (χ0v) is 20.4. The van der Waals surface area contributed by atoms with Crippen LogP contribution in [0.2, 0.25) is 0 Å². The molecule has 34 heavy (non-hydrogen) atoms. The number of nitrogens with zero attached hydrogens (tertiary/aromatic N) is 3. The summed E-state index contributed by atoms with van der Waals surface area (Å²) < 4.78 is 29.6. The van der Waals surface area contributed by atoms with E-state index in [1.807, 2.05) is 17.5 Å². The number of anilines is 2. The number of ether oxygens (including phenoxy) is 1. The molecule has 1 atom stereocenters. The minimum Gasteiger partial charge on any atom is -0.375 e. The highest BCUT2D eigenvalue weighted by molar-refractivity contribution is 7.89. The Hall–Kier alpha value is -3.22. The van der Waals surface area contributed by atoms with E-state index in [9.17, 15) is 18.0 Å². The van der Waals surface area contributed by atoms with Crippen molar-refractivity contribution in [3.05, 3.63) is 53.7 Å². The van der Waals surface area contributed by atoms with Gasteiger partial charge in [-0.3, -0.25) is 13.6 Å². The second-order valence-corrected chi connectivity index (χ2v) is 10.7. The zero-order chi connectivity index (χ0) is 24.3. The van der Waals surface area contributed by atoms with Gasteiger partial charge in [-0.2, -0.15) is 0 Å². The summed E-state index contributed by atoms with van der Waals surface area (Å²) in [5.74, 6) is -0.987. The normalized spacial score (nSPS) is 16.3. The van der Waals surface area contributed by atoms with Crippen molar-refractivity contribution in [2.75, 3.05) is 42.7 Å². The van der Waals surface area contributed by atoms with Gasteiger partial charge in [0, 0.05) is 42.1 Å². The summed E-state index contributed by atoms with van der Waals surface area (Å²) in [7, 11) is -3.48. The average Bonchev–Trinajstić information content (AvgIpc) is 3.48. The Morgan fingerprint density at radius 1 is 1.29 bits per heavy atom. The fourth-order valence-electron chi connectivity index (χ4n) is 3.52. The van der Waals surface area contributed by atoms with Crippen molar-refractivity contribution in [3.8, 4) is 11.3 Å². The fraction of sp³-hybridized carbons (Fsp3) is 0.318. The molecule has 1 saturated heterocycles. The molecule has 4 rings (SSSR count). The van der Waals surface area contributed by atoms with Gasteiger partial charge in [0.1, 0.15) is 0 Å². The number of carbonyl (C=O) groups excluding carboxylic acids is 2. The third kappa shape index (κ3) is 5.82. The number of amides is 2. The van der Waals surface area contributed by atoms with Gasteiger partial charge < -0.3 is 20.3 Å². The van der Waals surface area contributed by atoms with Gasteiger partial charge in [-0.1, -0.05) is 12.1 Å². The summed E-state index contributed by atoms with van der Waals surface area (Å²) in [6.07, 6.45) is 3.68. The fourth-order valence-corrected chi connectivity index (χ4v) is 4.85. The maximum atomic E-state index is 12.3. The molecular weight excluding hydrogens is 478 g/mol. The molecular formula is C22H25N5O5S2. The first-order valence-electron chi connectivity index (χ1n) is 10.6. The number of thiazole rings is 1. The largest absolute Gasteiger partial charge is 0.375 e. The average molecular weight is 504 g/mol. The van der Waals surface area contributed by atoms with Crippen LogP contribution in [0.4, 0.5) is 10.8 Å². The molecule has 0 unspecified atom stereocenters. The summed E-state index contributed by atoms with van der Waals surface area (Å²) in [5.41, 5.74) is 2.93. The SMILES string of the molecule is C[C@H]1CN(c2cccc(-c3csc(NC(=O)CNC(=O)c4ccn(S(C)(=O)=O)c4)n3)c2)CCO1. The van der Waals surface area contributed by atoms with Crippen LogP contribution in [-0.4, -0.2) is 67.8 Å². The van der Waals surface area contributed by atoms with Gasteiger partial charge in [-0.25, -0.2) is 13.4 Å². The molecule has 2 N–H and O–H groups in total. The van der Waals surface area contributed by atoms with E-state index < -0.39 is 21.8 Å². The number of nitrogens with one attached hydrogen (secondary N) is 2. The molecule has 0 spiro atoms. The molecule has 1 aliphatic rings. The monoisotopic (exact) mass is 503 g/mol. The lowest BCUT2D eigenvalue weighted by Gasteiger charge is -2.33.